The van der Waals surface area contributed by atoms with Gasteiger partial charge in [0.15, 0.2) is 16.8 Å². The van der Waals surface area contributed by atoms with Crippen LogP contribution >= 0.6 is 11.3 Å². The predicted molar refractivity (Wildman–Crippen MR) is 144 cm³/mol. The molecular formula is C27H23F2N5O4S. The first-order chi connectivity index (χ1) is 18.6. The van der Waals surface area contributed by atoms with Crippen molar-refractivity contribution in [3.05, 3.63) is 100 Å². The molecule has 12 heteroatoms. The first kappa shape index (κ1) is 27.2. The SMILES string of the molecule is C[C@@H](C(N)=O)N(c1ccc(F)c(F)c1)c1nc(N)c(C(=O)c2ccc(NC(=O)OCc3ccccc3)cc2)s1. The van der Waals surface area contributed by atoms with Crippen LogP contribution in [0.4, 0.5) is 35.9 Å². The molecule has 39 heavy (non-hydrogen) atoms. The van der Waals surface area contributed by atoms with Crippen molar-refractivity contribution in [1.82, 2.24) is 4.98 Å². The summed E-state index contributed by atoms with van der Waals surface area (Å²) >= 11 is 0.867. The number of carbonyl (C=O) groups excluding carboxylic acids is 3. The van der Waals surface area contributed by atoms with Gasteiger partial charge in [-0.2, -0.15) is 0 Å². The van der Waals surface area contributed by atoms with E-state index >= 15 is 0 Å². The van der Waals surface area contributed by atoms with Gasteiger partial charge in [-0.15, -0.1) is 0 Å². The number of benzene rings is 3. The zero-order chi connectivity index (χ0) is 28.1. The van der Waals surface area contributed by atoms with Crippen molar-refractivity contribution in [2.45, 2.75) is 19.6 Å². The van der Waals surface area contributed by atoms with Crippen LogP contribution in [0, 0.1) is 11.6 Å². The Labute approximate surface area is 226 Å². The first-order valence-corrected chi connectivity index (χ1v) is 12.4. The van der Waals surface area contributed by atoms with Gasteiger partial charge in [0.1, 0.15) is 23.3 Å². The monoisotopic (exact) mass is 551 g/mol. The standard InChI is InChI=1S/C27H23F2N5O4S/c1-15(25(31)36)34(19-11-12-20(28)21(29)13-19)26-33-24(30)23(39-26)22(35)17-7-9-18(10-8-17)32-27(37)38-14-16-5-3-2-4-6-16/h2-13,15H,14,30H2,1H3,(H2,31,36)(H,32,37)/t15-/m0/s1. The zero-order valence-corrected chi connectivity index (χ0v) is 21.4. The normalized spacial score (nSPS) is 11.5. The van der Waals surface area contributed by atoms with Gasteiger partial charge in [0.25, 0.3) is 0 Å². The number of halogens is 2. The number of hydrogen-bond acceptors (Lipinski definition) is 8. The zero-order valence-electron chi connectivity index (χ0n) is 20.6. The fourth-order valence-electron chi connectivity index (χ4n) is 3.56. The van der Waals surface area contributed by atoms with Gasteiger partial charge in [0.2, 0.25) is 11.7 Å². The van der Waals surface area contributed by atoms with E-state index in [-0.39, 0.29) is 33.7 Å². The summed E-state index contributed by atoms with van der Waals surface area (Å²) in [6.45, 7) is 1.56. The van der Waals surface area contributed by atoms with Crippen LogP contribution in [-0.4, -0.2) is 28.8 Å². The second-order valence-electron chi connectivity index (χ2n) is 8.35. The maximum Gasteiger partial charge on any atom is 0.411 e. The summed E-state index contributed by atoms with van der Waals surface area (Å²) in [5.74, 6) is -3.54. The lowest BCUT2D eigenvalue weighted by molar-refractivity contribution is -0.118. The van der Waals surface area contributed by atoms with Crippen LogP contribution in [0.2, 0.25) is 0 Å². The summed E-state index contributed by atoms with van der Waals surface area (Å²) in [5, 5.41) is 2.67. The fourth-order valence-corrected chi connectivity index (χ4v) is 4.61. The van der Waals surface area contributed by atoms with Crippen molar-refractivity contribution in [2.75, 3.05) is 16.0 Å². The van der Waals surface area contributed by atoms with E-state index in [1.54, 1.807) is 0 Å². The molecule has 0 spiro atoms. The summed E-state index contributed by atoms with van der Waals surface area (Å²) in [4.78, 5) is 42.8. The summed E-state index contributed by atoms with van der Waals surface area (Å²) in [5.41, 5.74) is 13.1. The van der Waals surface area contributed by atoms with E-state index in [4.69, 9.17) is 16.2 Å². The minimum Gasteiger partial charge on any atom is -0.444 e. The molecule has 0 fully saturated rings. The van der Waals surface area contributed by atoms with Crippen molar-refractivity contribution in [3.8, 4) is 0 Å². The third kappa shape index (κ3) is 6.36. The molecule has 0 radical (unpaired) electrons. The smallest absolute Gasteiger partial charge is 0.411 e. The lowest BCUT2D eigenvalue weighted by atomic mass is 10.1. The van der Waals surface area contributed by atoms with Gasteiger partial charge < -0.3 is 21.1 Å². The topological polar surface area (TPSA) is 141 Å². The molecular weight excluding hydrogens is 528 g/mol. The maximum absolute atomic E-state index is 13.9. The molecule has 4 rings (SSSR count). The third-order valence-electron chi connectivity index (χ3n) is 5.64. The van der Waals surface area contributed by atoms with Gasteiger partial charge in [-0.3, -0.25) is 14.9 Å². The number of hydrogen-bond donors (Lipinski definition) is 3. The molecule has 0 aliphatic carbocycles. The Morgan fingerprint density at radius 2 is 1.72 bits per heavy atom. The average Bonchev–Trinajstić information content (AvgIpc) is 3.30. The van der Waals surface area contributed by atoms with Crippen LogP contribution in [0.5, 0.6) is 0 Å². The molecule has 0 saturated carbocycles. The highest BCUT2D eigenvalue weighted by Crippen LogP contribution is 2.36. The van der Waals surface area contributed by atoms with Gasteiger partial charge >= 0.3 is 6.09 Å². The van der Waals surface area contributed by atoms with E-state index in [9.17, 15) is 23.2 Å². The maximum atomic E-state index is 13.9. The number of carbonyl (C=O) groups is 3. The lowest BCUT2D eigenvalue weighted by Crippen LogP contribution is -2.40. The van der Waals surface area contributed by atoms with E-state index in [0.29, 0.717) is 5.69 Å². The van der Waals surface area contributed by atoms with Crippen molar-refractivity contribution >= 4 is 51.4 Å². The van der Waals surface area contributed by atoms with Crippen molar-refractivity contribution in [2.24, 2.45) is 5.73 Å². The number of thiazole rings is 1. The fraction of sp³-hybridized carbons (Fsp3) is 0.111. The number of nitrogens with zero attached hydrogens (tertiary/aromatic N) is 2. The molecule has 5 N–H and O–H groups in total. The molecule has 1 aromatic heterocycles. The molecule has 3 aromatic carbocycles. The molecule has 0 aliphatic rings. The minimum atomic E-state index is -1.13. The number of nitrogen functional groups attached to an aromatic ring is 1. The Morgan fingerprint density at radius 1 is 1.03 bits per heavy atom. The van der Waals surface area contributed by atoms with Crippen LogP contribution in [0.25, 0.3) is 0 Å². The highest BCUT2D eigenvalue weighted by Gasteiger charge is 2.28. The van der Waals surface area contributed by atoms with Crippen LogP contribution in [0.15, 0.2) is 72.8 Å². The third-order valence-corrected chi connectivity index (χ3v) is 6.71. The van der Waals surface area contributed by atoms with E-state index < -0.39 is 35.5 Å². The van der Waals surface area contributed by atoms with Gasteiger partial charge in [-0.05, 0) is 48.9 Å². The Hall–Kier alpha value is -4.84. The number of ether oxygens (including phenoxy) is 1. The van der Waals surface area contributed by atoms with Gasteiger partial charge in [-0.1, -0.05) is 41.7 Å². The van der Waals surface area contributed by atoms with Crippen LogP contribution in [0.3, 0.4) is 0 Å². The van der Waals surface area contributed by atoms with Crippen LogP contribution in [0.1, 0.15) is 27.7 Å². The van der Waals surface area contributed by atoms with E-state index in [1.165, 1.54) is 42.2 Å². The number of nitrogens with one attached hydrogen (secondary N) is 1. The number of aromatic nitrogens is 1. The molecule has 1 atom stereocenters. The number of ketones is 1. The number of amides is 2. The molecule has 0 unspecified atom stereocenters. The molecule has 9 nitrogen and oxygen atoms in total. The average molecular weight is 552 g/mol. The number of rotatable bonds is 9. The molecule has 0 bridgehead atoms. The largest absolute Gasteiger partial charge is 0.444 e. The van der Waals surface area contributed by atoms with Crippen LogP contribution in [-0.2, 0) is 16.1 Å². The van der Waals surface area contributed by atoms with Crippen molar-refractivity contribution < 1.29 is 27.9 Å². The van der Waals surface area contributed by atoms with Crippen molar-refractivity contribution in [1.29, 1.82) is 0 Å². The Kier molecular flexibility index (Phi) is 8.15. The van der Waals surface area contributed by atoms with E-state index in [2.05, 4.69) is 10.3 Å². The minimum absolute atomic E-state index is 0.0669. The van der Waals surface area contributed by atoms with Gasteiger partial charge in [0, 0.05) is 23.0 Å². The summed E-state index contributed by atoms with van der Waals surface area (Å²) < 4.78 is 32.6. The molecule has 2 amide bonds. The molecule has 1 heterocycles. The quantitative estimate of drug-likeness (QED) is 0.249. The number of nitrogens with two attached hydrogens (primary N) is 2. The van der Waals surface area contributed by atoms with Gasteiger partial charge in [-0.25, -0.2) is 18.6 Å². The Balaban J connectivity index is 1.50. The molecule has 4 aromatic rings. The number of primary amides is 1. The number of anilines is 4. The van der Waals surface area contributed by atoms with E-state index in [0.717, 1.165) is 29.0 Å². The predicted octanol–water partition coefficient (Wildman–Crippen LogP) is 5.00. The van der Waals surface area contributed by atoms with E-state index in [1.807, 2.05) is 30.3 Å². The second kappa shape index (κ2) is 11.7. The van der Waals surface area contributed by atoms with Crippen LogP contribution < -0.4 is 21.7 Å². The summed E-state index contributed by atoms with van der Waals surface area (Å²) in [6, 6.07) is 17.3. The summed E-state index contributed by atoms with van der Waals surface area (Å²) in [7, 11) is 0. The highest BCUT2D eigenvalue weighted by molar-refractivity contribution is 7.18. The summed E-state index contributed by atoms with van der Waals surface area (Å²) in [6.07, 6.45) is -0.657. The first-order valence-electron chi connectivity index (χ1n) is 11.6. The molecule has 0 aliphatic heterocycles. The molecule has 0 saturated heterocycles. The lowest BCUT2D eigenvalue weighted by Gasteiger charge is -2.26. The highest BCUT2D eigenvalue weighted by atomic mass is 32.1. The Bertz CT molecular complexity index is 1510. The van der Waals surface area contributed by atoms with Gasteiger partial charge in [0.05, 0.1) is 0 Å². The Morgan fingerprint density at radius 3 is 2.36 bits per heavy atom. The second-order valence-corrected chi connectivity index (χ2v) is 9.33. The van der Waals surface area contributed by atoms with Crippen molar-refractivity contribution in [3.63, 3.8) is 0 Å². The molecule has 200 valence electrons.